The maximum absolute atomic E-state index is 2.56. The minimum Gasteiger partial charge on any atom is -0.308 e. The van der Waals surface area contributed by atoms with Crippen LogP contribution in [0.1, 0.15) is 0 Å². The van der Waals surface area contributed by atoms with Gasteiger partial charge in [-0.15, -0.1) is 0 Å². The van der Waals surface area contributed by atoms with E-state index in [-0.39, 0.29) is 0 Å². The molecule has 11 rings (SSSR count). The van der Waals surface area contributed by atoms with Crippen molar-refractivity contribution in [3.05, 3.63) is 188 Å². The van der Waals surface area contributed by atoms with Gasteiger partial charge in [-0.3, -0.25) is 0 Å². The van der Waals surface area contributed by atoms with E-state index in [4.69, 9.17) is 0 Å². The molecule has 1 nitrogen and oxygen atoms in total. The highest BCUT2D eigenvalue weighted by molar-refractivity contribution is 6.32. The van der Waals surface area contributed by atoms with Gasteiger partial charge in [0.2, 0.25) is 0 Å². The SMILES string of the molecule is c1ccc(-c2cccc(-c3c4ccccc4cc4c3c3cccc5c6c(-c7cccc(-c8ccccc8)c7)c7ccccc7cc6n4c35)c2)cc1. The van der Waals surface area contributed by atoms with Crippen molar-refractivity contribution in [1.29, 1.82) is 0 Å². The molecule has 0 N–H and O–H groups in total. The van der Waals surface area contributed by atoms with E-state index in [9.17, 15) is 0 Å². The van der Waals surface area contributed by atoms with E-state index in [1.807, 2.05) is 0 Å². The second-order valence-corrected chi connectivity index (χ2v) is 13.7. The van der Waals surface area contributed by atoms with Gasteiger partial charge in [0.15, 0.2) is 0 Å². The summed E-state index contributed by atoms with van der Waals surface area (Å²) in [6.45, 7) is 0. The van der Waals surface area contributed by atoms with E-state index in [0.717, 1.165) is 0 Å². The number of aromatic nitrogens is 1. The van der Waals surface area contributed by atoms with Gasteiger partial charge < -0.3 is 4.40 Å². The Morgan fingerprint density at radius 3 is 1.14 bits per heavy atom. The quantitative estimate of drug-likeness (QED) is 0.179. The van der Waals surface area contributed by atoms with Crippen molar-refractivity contribution in [2.24, 2.45) is 0 Å². The molecule has 0 aliphatic carbocycles. The third kappa shape index (κ3) is 4.16. The highest BCUT2D eigenvalue weighted by Crippen LogP contribution is 2.49. The molecule has 11 aromatic rings. The number of fused-ring (bicyclic) bond motifs is 8. The molecule has 0 fully saturated rings. The van der Waals surface area contributed by atoms with E-state index < -0.39 is 0 Å². The molecule has 2 aromatic heterocycles. The van der Waals surface area contributed by atoms with Crippen LogP contribution in [0.3, 0.4) is 0 Å². The normalized spacial score (nSPS) is 11.9. The molecule has 0 radical (unpaired) electrons. The van der Waals surface area contributed by atoms with Crippen LogP contribution in [0.15, 0.2) is 188 Å². The summed E-state index contributed by atoms with van der Waals surface area (Å²) in [5, 5.41) is 10.2. The summed E-state index contributed by atoms with van der Waals surface area (Å²) in [5.41, 5.74) is 13.7. The predicted molar refractivity (Wildman–Crippen MR) is 218 cm³/mol. The molecular formula is C50H31N. The monoisotopic (exact) mass is 645 g/mol. The molecule has 1 heteroatoms. The third-order valence-corrected chi connectivity index (χ3v) is 10.9. The Morgan fingerprint density at radius 1 is 0.275 bits per heavy atom. The molecule has 0 saturated carbocycles. The van der Waals surface area contributed by atoms with Gasteiger partial charge in [-0.25, -0.2) is 0 Å². The van der Waals surface area contributed by atoms with Gasteiger partial charge in [0, 0.05) is 21.5 Å². The molecule has 0 atom stereocenters. The number of hydrogen-bond acceptors (Lipinski definition) is 0. The first kappa shape index (κ1) is 28.2. The standard InChI is InChI=1S/C50H31N/c1-3-14-32(15-4-1)34-20-11-22-38(28-34)46-40-24-9-7-18-36(40)30-44-48(46)42-26-13-27-43-49-45(51(44)50(42)43)31-37-19-8-10-25-41(37)47(49)39-23-12-21-35(29-39)33-16-5-2-6-17-33/h1-31H. The maximum atomic E-state index is 2.56. The molecule has 0 bridgehead atoms. The molecule has 0 aliphatic rings. The van der Waals surface area contributed by atoms with Crippen LogP contribution < -0.4 is 0 Å². The minimum absolute atomic E-state index is 1.23. The Labute approximate surface area is 295 Å². The molecule has 0 aliphatic heterocycles. The number of rotatable bonds is 4. The van der Waals surface area contributed by atoms with Gasteiger partial charge in [0.05, 0.1) is 16.6 Å². The van der Waals surface area contributed by atoms with Crippen molar-refractivity contribution in [1.82, 2.24) is 4.40 Å². The van der Waals surface area contributed by atoms with E-state index >= 15 is 0 Å². The predicted octanol–water partition coefficient (Wildman–Crippen LogP) is 13.8. The van der Waals surface area contributed by atoms with Gasteiger partial charge in [0.25, 0.3) is 0 Å². The van der Waals surface area contributed by atoms with Crippen LogP contribution in [0, 0.1) is 0 Å². The fourth-order valence-corrected chi connectivity index (χ4v) is 8.69. The molecule has 0 spiro atoms. The summed E-state index contributed by atoms with van der Waals surface area (Å²) in [6, 6.07) is 69.1. The molecular weight excluding hydrogens is 615 g/mol. The largest absolute Gasteiger partial charge is 0.308 e. The smallest absolute Gasteiger partial charge is 0.0620 e. The van der Waals surface area contributed by atoms with Crippen LogP contribution in [-0.2, 0) is 0 Å². The molecule has 9 aromatic carbocycles. The lowest BCUT2D eigenvalue weighted by Crippen LogP contribution is -1.89. The zero-order chi connectivity index (χ0) is 33.5. The molecule has 0 unspecified atom stereocenters. The van der Waals surface area contributed by atoms with Crippen molar-refractivity contribution >= 4 is 59.6 Å². The lowest BCUT2D eigenvalue weighted by molar-refractivity contribution is 1.38. The summed E-state index contributed by atoms with van der Waals surface area (Å²) < 4.78 is 2.56. The van der Waals surface area contributed by atoms with Crippen molar-refractivity contribution in [2.75, 3.05) is 0 Å². The lowest BCUT2D eigenvalue weighted by atomic mass is 9.90. The van der Waals surface area contributed by atoms with Crippen molar-refractivity contribution < 1.29 is 0 Å². The summed E-state index contributed by atoms with van der Waals surface area (Å²) in [7, 11) is 0. The topological polar surface area (TPSA) is 4.41 Å². The van der Waals surface area contributed by atoms with E-state index in [2.05, 4.69) is 192 Å². The Balaban J connectivity index is 1.28. The second kappa shape index (κ2) is 10.9. The van der Waals surface area contributed by atoms with E-state index in [0.29, 0.717) is 0 Å². The Kier molecular flexibility index (Phi) is 6.02. The average Bonchev–Trinajstić information content (AvgIpc) is 3.71. The van der Waals surface area contributed by atoms with Gasteiger partial charge in [-0.2, -0.15) is 0 Å². The summed E-state index contributed by atoms with van der Waals surface area (Å²) in [4.78, 5) is 0. The Bertz CT molecular complexity index is 2910. The summed E-state index contributed by atoms with van der Waals surface area (Å²) in [5.74, 6) is 0. The molecule has 2 heterocycles. The van der Waals surface area contributed by atoms with Crippen molar-refractivity contribution in [3.63, 3.8) is 0 Å². The number of benzene rings is 9. The van der Waals surface area contributed by atoms with Crippen LogP contribution in [0.2, 0.25) is 0 Å². The first-order valence-electron chi connectivity index (χ1n) is 17.7. The fraction of sp³-hybridized carbons (Fsp3) is 0. The van der Waals surface area contributed by atoms with Gasteiger partial charge in [0.1, 0.15) is 0 Å². The van der Waals surface area contributed by atoms with Crippen molar-refractivity contribution in [2.45, 2.75) is 0 Å². The molecule has 0 amide bonds. The highest BCUT2D eigenvalue weighted by atomic mass is 14.9. The average molecular weight is 646 g/mol. The summed E-state index contributed by atoms with van der Waals surface area (Å²) in [6.07, 6.45) is 0. The summed E-state index contributed by atoms with van der Waals surface area (Å²) >= 11 is 0. The zero-order valence-corrected chi connectivity index (χ0v) is 27.8. The van der Waals surface area contributed by atoms with Crippen LogP contribution in [0.4, 0.5) is 0 Å². The lowest BCUT2D eigenvalue weighted by Gasteiger charge is -2.14. The van der Waals surface area contributed by atoms with Crippen LogP contribution >= 0.6 is 0 Å². The molecule has 0 saturated heterocycles. The molecule has 51 heavy (non-hydrogen) atoms. The van der Waals surface area contributed by atoms with E-state index in [1.54, 1.807) is 0 Å². The first-order chi connectivity index (χ1) is 25.3. The van der Waals surface area contributed by atoms with Gasteiger partial charge in [-0.05, 0) is 90.3 Å². The zero-order valence-electron chi connectivity index (χ0n) is 27.8. The number of para-hydroxylation sites is 1. The van der Waals surface area contributed by atoms with Crippen LogP contribution in [-0.4, -0.2) is 4.40 Å². The Hall–Kier alpha value is -6.70. The highest BCUT2D eigenvalue weighted by Gasteiger charge is 2.24. The van der Waals surface area contributed by atoms with Crippen LogP contribution in [0.5, 0.6) is 0 Å². The van der Waals surface area contributed by atoms with E-state index in [1.165, 1.54) is 104 Å². The fourth-order valence-electron chi connectivity index (χ4n) is 8.69. The van der Waals surface area contributed by atoms with Gasteiger partial charge >= 0.3 is 0 Å². The maximum Gasteiger partial charge on any atom is 0.0620 e. The van der Waals surface area contributed by atoms with Crippen LogP contribution in [0.25, 0.3) is 104 Å². The van der Waals surface area contributed by atoms with Crippen molar-refractivity contribution in [3.8, 4) is 44.5 Å². The number of hydrogen-bond donors (Lipinski definition) is 0. The Morgan fingerprint density at radius 2 is 0.647 bits per heavy atom. The van der Waals surface area contributed by atoms with Gasteiger partial charge in [-0.1, -0.05) is 164 Å². The first-order valence-corrected chi connectivity index (χ1v) is 17.7. The molecule has 236 valence electrons. The number of nitrogens with zero attached hydrogens (tertiary/aromatic N) is 1. The second-order valence-electron chi connectivity index (χ2n) is 13.7. The minimum atomic E-state index is 1.23. The third-order valence-electron chi connectivity index (χ3n) is 10.9.